The van der Waals surface area contributed by atoms with Gasteiger partial charge in [0.2, 0.25) is 11.9 Å². The number of hydrogen-bond donors (Lipinski definition) is 1. The number of carbonyl (C=O) groups is 1. The minimum Gasteiger partial charge on any atom is -0.485 e. The molecule has 0 unspecified atom stereocenters. The molecule has 3 heterocycles. The highest BCUT2D eigenvalue weighted by Gasteiger charge is 2.27. The number of likely N-dealkylation sites (N-methyl/N-ethyl adjacent to an activating group) is 1. The van der Waals surface area contributed by atoms with E-state index in [4.69, 9.17) is 14.2 Å². The van der Waals surface area contributed by atoms with Crippen LogP contribution in [0.15, 0.2) is 23.4 Å². The molecule has 0 saturated heterocycles. The minimum atomic E-state index is -0.174. The molecule has 2 aromatic rings. The number of aromatic nitrogens is 3. The zero-order valence-electron chi connectivity index (χ0n) is 15.8. The summed E-state index contributed by atoms with van der Waals surface area (Å²) in [5.74, 6) is 3.31. The fourth-order valence-corrected chi connectivity index (χ4v) is 3.70. The molecule has 28 heavy (non-hydrogen) atoms. The number of fused-ring (bicyclic) bond motifs is 2. The second-order valence-corrected chi connectivity index (χ2v) is 7.58. The van der Waals surface area contributed by atoms with Crippen LogP contribution < -0.4 is 24.5 Å². The number of benzene rings is 1. The molecule has 1 aromatic carbocycles. The normalized spacial score (nSPS) is 14.9. The topological polar surface area (TPSA) is 94.0 Å². The Balaban J connectivity index is 1.44. The quantitative estimate of drug-likeness (QED) is 0.756. The average Bonchev–Trinajstić information content (AvgIpc) is 3.32. The number of nitrogens with zero attached hydrogens (tertiary/aromatic N) is 5. The van der Waals surface area contributed by atoms with E-state index in [1.807, 2.05) is 25.1 Å². The molecule has 10 nitrogen and oxygen atoms in total. The molecule has 4 rings (SSSR count). The third kappa shape index (κ3) is 3.94. The second kappa shape index (κ2) is 8.15. The SMILES string of the molecule is CN(C)CCNC(=O)N1CCSc2nnc(COc3ccc4c(c3)OCO4)n21. The Labute approximate surface area is 166 Å². The highest BCUT2D eigenvalue weighted by molar-refractivity contribution is 7.99. The van der Waals surface area contributed by atoms with Crippen LogP contribution in [0.25, 0.3) is 0 Å². The summed E-state index contributed by atoms with van der Waals surface area (Å²) in [6, 6.07) is 5.21. The molecule has 0 saturated carbocycles. The molecule has 0 aliphatic carbocycles. The molecular weight excluding hydrogens is 384 g/mol. The van der Waals surface area contributed by atoms with Crippen molar-refractivity contribution in [2.45, 2.75) is 11.8 Å². The summed E-state index contributed by atoms with van der Waals surface area (Å²) in [6.45, 7) is 2.29. The van der Waals surface area contributed by atoms with E-state index in [-0.39, 0.29) is 19.4 Å². The number of carbonyl (C=O) groups excluding carboxylic acids is 1. The summed E-state index contributed by atoms with van der Waals surface area (Å²) in [4.78, 5) is 14.6. The van der Waals surface area contributed by atoms with E-state index in [0.717, 1.165) is 12.3 Å². The maximum Gasteiger partial charge on any atom is 0.336 e. The summed E-state index contributed by atoms with van der Waals surface area (Å²) >= 11 is 1.56. The van der Waals surface area contributed by atoms with Gasteiger partial charge in [-0.2, -0.15) is 0 Å². The summed E-state index contributed by atoms with van der Waals surface area (Å²) in [6.07, 6.45) is 0. The lowest BCUT2D eigenvalue weighted by molar-refractivity contribution is 0.173. The van der Waals surface area contributed by atoms with Crippen molar-refractivity contribution in [2.24, 2.45) is 0 Å². The zero-order chi connectivity index (χ0) is 19.5. The largest absolute Gasteiger partial charge is 0.485 e. The lowest BCUT2D eigenvalue weighted by atomic mass is 10.3. The van der Waals surface area contributed by atoms with Gasteiger partial charge in [0.15, 0.2) is 17.3 Å². The Bertz CT molecular complexity index is 858. The Morgan fingerprint density at radius 3 is 3.04 bits per heavy atom. The van der Waals surface area contributed by atoms with Crippen LogP contribution in [-0.4, -0.2) is 72.1 Å². The van der Waals surface area contributed by atoms with Crippen molar-refractivity contribution in [1.82, 2.24) is 25.1 Å². The molecular formula is C17H22N6O4S. The van der Waals surface area contributed by atoms with Gasteiger partial charge in [-0.25, -0.2) is 14.5 Å². The molecule has 150 valence electrons. The highest BCUT2D eigenvalue weighted by atomic mass is 32.2. The van der Waals surface area contributed by atoms with Gasteiger partial charge in [-0.3, -0.25) is 0 Å². The third-order valence-corrected chi connectivity index (χ3v) is 5.13. The number of urea groups is 1. The van der Waals surface area contributed by atoms with Gasteiger partial charge in [0, 0.05) is 24.9 Å². The van der Waals surface area contributed by atoms with E-state index < -0.39 is 0 Å². The summed E-state index contributed by atoms with van der Waals surface area (Å²) in [5, 5.41) is 13.6. The first-order valence-corrected chi connectivity index (χ1v) is 9.90. The maximum atomic E-state index is 12.6. The third-order valence-electron chi connectivity index (χ3n) is 4.23. The van der Waals surface area contributed by atoms with Crippen LogP contribution >= 0.6 is 11.8 Å². The lowest BCUT2D eigenvalue weighted by Gasteiger charge is -2.29. The van der Waals surface area contributed by atoms with E-state index in [1.54, 1.807) is 33.6 Å². The molecule has 2 amide bonds. The van der Waals surface area contributed by atoms with E-state index in [1.165, 1.54) is 0 Å². The number of hydrogen-bond acceptors (Lipinski definition) is 8. The van der Waals surface area contributed by atoms with Crippen molar-refractivity contribution in [2.75, 3.05) is 51.3 Å². The first-order chi connectivity index (χ1) is 13.6. The van der Waals surface area contributed by atoms with Crippen LogP contribution in [0.2, 0.25) is 0 Å². The molecule has 0 spiro atoms. The number of ether oxygens (including phenoxy) is 3. The summed E-state index contributed by atoms with van der Waals surface area (Å²) < 4.78 is 18.2. The Morgan fingerprint density at radius 1 is 1.32 bits per heavy atom. The number of thioether (sulfide) groups is 1. The predicted octanol–water partition coefficient (Wildman–Crippen LogP) is 0.901. The van der Waals surface area contributed by atoms with Gasteiger partial charge in [0.1, 0.15) is 12.4 Å². The predicted molar refractivity (Wildman–Crippen MR) is 103 cm³/mol. The van der Waals surface area contributed by atoms with Crippen molar-refractivity contribution in [3.63, 3.8) is 0 Å². The first-order valence-electron chi connectivity index (χ1n) is 8.92. The van der Waals surface area contributed by atoms with Gasteiger partial charge >= 0.3 is 6.03 Å². The van der Waals surface area contributed by atoms with Crippen molar-refractivity contribution >= 4 is 17.8 Å². The first kappa shape index (κ1) is 18.7. The highest BCUT2D eigenvalue weighted by Crippen LogP contribution is 2.35. The number of nitrogens with one attached hydrogen (secondary N) is 1. The van der Waals surface area contributed by atoms with Gasteiger partial charge < -0.3 is 24.4 Å². The van der Waals surface area contributed by atoms with Gasteiger partial charge in [-0.1, -0.05) is 11.8 Å². The van der Waals surface area contributed by atoms with Crippen molar-refractivity contribution < 1.29 is 19.0 Å². The van der Waals surface area contributed by atoms with Crippen LogP contribution in [-0.2, 0) is 6.61 Å². The molecule has 0 radical (unpaired) electrons. The standard InChI is InChI=1S/C17H22N6O4S/c1-21(2)6-5-18-16(24)22-7-8-28-17-20-19-15(23(17)22)10-25-12-3-4-13-14(9-12)27-11-26-13/h3-4,9H,5-8,10-11H2,1-2H3,(H,18,24). The second-order valence-electron chi connectivity index (χ2n) is 6.52. The molecule has 0 atom stereocenters. The van der Waals surface area contributed by atoms with Crippen molar-refractivity contribution in [1.29, 1.82) is 0 Å². The average molecular weight is 406 g/mol. The van der Waals surface area contributed by atoms with Crippen molar-refractivity contribution in [3.05, 3.63) is 24.0 Å². The Morgan fingerprint density at radius 2 is 2.18 bits per heavy atom. The molecule has 1 aromatic heterocycles. The van der Waals surface area contributed by atoms with Crippen LogP contribution in [0.5, 0.6) is 17.2 Å². The van der Waals surface area contributed by atoms with E-state index in [0.29, 0.717) is 41.3 Å². The molecule has 0 bridgehead atoms. The fraction of sp³-hybridized carbons (Fsp3) is 0.471. The molecule has 1 N–H and O–H groups in total. The summed E-state index contributed by atoms with van der Waals surface area (Å²) in [5.41, 5.74) is 0. The van der Waals surface area contributed by atoms with E-state index >= 15 is 0 Å². The molecule has 11 heteroatoms. The minimum absolute atomic E-state index is 0.174. The van der Waals surface area contributed by atoms with Gasteiger partial charge in [-0.15, -0.1) is 10.2 Å². The lowest BCUT2D eigenvalue weighted by Crippen LogP contribution is -2.51. The molecule has 0 fully saturated rings. The Hall–Kier alpha value is -2.66. The van der Waals surface area contributed by atoms with Crippen LogP contribution in [0.1, 0.15) is 5.82 Å². The van der Waals surface area contributed by atoms with Crippen LogP contribution in [0.3, 0.4) is 0 Å². The zero-order valence-corrected chi connectivity index (χ0v) is 16.6. The molecule has 2 aliphatic heterocycles. The monoisotopic (exact) mass is 406 g/mol. The molecule has 2 aliphatic rings. The summed E-state index contributed by atoms with van der Waals surface area (Å²) in [7, 11) is 3.93. The van der Waals surface area contributed by atoms with E-state index in [2.05, 4.69) is 15.5 Å². The Kier molecular flexibility index (Phi) is 5.44. The smallest absolute Gasteiger partial charge is 0.336 e. The van der Waals surface area contributed by atoms with E-state index in [9.17, 15) is 4.79 Å². The van der Waals surface area contributed by atoms with Gasteiger partial charge in [0.05, 0.1) is 6.54 Å². The number of amides is 2. The van der Waals surface area contributed by atoms with Gasteiger partial charge in [0.25, 0.3) is 0 Å². The van der Waals surface area contributed by atoms with Crippen LogP contribution in [0.4, 0.5) is 4.79 Å². The van der Waals surface area contributed by atoms with Gasteiger partial charge in [-0.05, 0) is 26.2 Å². The fourth-order valence-electron chi connectivity index (χ4n) is 2.83. The maximum absolute atomic E-state index is 12.6. The van der Waals surface area contributed by atoms with Crippen molar-refractivity contribution in [3.8, 4) is 17.2 Å². The van der Waals surface area contributed by atoms with Crippen LogP contribution in [0, 0.1) is 0 Å². The number of rotatable bonds is 6.